The molecular weight excluding hydrogens is 463 g/mol. The molecule has 4 aromatic rings. The minimum atomic E-state index is -0.381. The Labute approximate surface area is 208 Å². The highest BCUT2D eigenvalue weighted by molar-refractivity contribution is 7.80. The predicted octanol–water partition coefficient (Wildman–Crippen LogP) is 5.75. The molecule has 0 spiro atoms. The predicted molar refractivity (Wildman–Crippen MR) is 136 cm³/mol. The zero-order valence-corrected chi connectivity index (χ0v) is 20.1. The summed E-state index contributed by atoms with van der Waals surface area (Å²) in [5, 5.41) is 8.19. The molecule has 0 bridgehead atoms. The maximum absolute atomic E-state index is 13.7. The second-order valence-electron chi connectivity index (χ2n) is 8.16. The van der Waals surface area contributed by atoms with Crippen LogP contribution in [0.15, 0.2) is 89.1 Å². The Morgan fingerprint density at radius 1 is 1.06 bits per heavy atom. The zero-order chi connectivity index (χ0) is 24.4. The van der Waals surface area contributed by atoms with Crippen molar-refractivity contribution in [1.29, 1.82) is 0 Å². The van der Waals surface area contributed by atoms with Crippen LogP contribution in [0, 0.1) is 5.82 Å². The molecule has 2 heterocycles. The summed E-state index contributed by atoms with van der Waals surface area (Å²) in [7, 11) is 1.61. The molecule has 1 atom stereocenters. The number of benzene rings is 3. The van der Waals surface area contributed by atoms with Crippen molar-refractivity contribution in [3.63, 3.8) is 0 Å². The lowest BCUT2D eigenvalue weighted by molar-refractivity contribution is 0.396. The number of nitrogens with one attached hydrogen (secondary N) is 1. The van der Waals surface area contributed by atoms with E-state index in [2.05, 4.69) is 22.6 Å². The number of hydrogen-bond donors (Lipinski definition) is 1. The van der Waals surface area contributed by atoms with Crippen LogP contribution in [0.2, 0.25) is 0 Å². The maximum atomic E-state index is 13.7. The van der Waals surface area contributed by atoms with Crippen molar-refractivity contribution < 1.29 is 13.7 Å². The molecule has 0 aliphatic carbocycles. The molecule has 0 radical (unpaired) electrons. The quantitative estimate of drug-likeness (QED) is 0.348. The molecule has 1 N–H and O–H groups in total. The van der Waals surface area contributed by atoms with Crippen LogP contribution in [-0.2, 0) is 6.54 Å². The van der Waals surface area contributed by atoms with Crippen molar-refractivity contribution in [3.05, 3.63) is 107 Å². The summed E-state index contributed by atoms with van der Waals surface area (Å²) >= 11 is 5.74. The number of thiocarbonyl (C=S) groups is 1. The molecular formula is C27H23FN4O2S. The average Bonchev–Trinajstić information content (AvgIpc) is 3.37. The minimum absolute atomic E-state index is 0.307. The molecule has 0 saturated carbocycles. The van der Waals surface area contributed by atoms with Crippen LogP contribution in [-0.4, -0.2) is 27.3 Å². The summed E-state index contributed by atoms with van der Waals surface area (Å²) in [6.45, 7) is 2.56. The maximum Gasteiger partial charge on any atom is 0.258 e. The average molecular weight is 487 g/mol. The fraction of sp³-hybridized carbons (Fsp3) is 0.148. The number of nitrogens with zero attached hydrogens (tertiary/aromatic N) is 3. The number of ether oxygens (including phenoxy) is 1. The number of rotatable bonds is 6. The summed E-state index contributed by atoms with van der Waals surface area (Å²) in [6, 6.07) is 23.5. The molecule has 176 valence electrons. The lowest BCUT2D eigenvalue weighted by atomic mass is 9.94. The number of aromatic nitrogens is 2. The van der Waals surface area contributed by atoms with E-state index in [1.807, 2.05) is 54.3 Å². The van der Waals surface area contributed by atoms with E-state index in [1.54, 1.807) is 19.2 Å². The highest BCUT2D eigenvalue weighted by atomic mass is 32.1. The molecule has 1 aliphatic heterocycles. The highest BCUT2D eigenvalue weighted by Gasteiger charge is 2.34. The summed E-state index contributed by atoms with van der Waals surface area (Å²) in [4.78, 5) is 6.72. The summed E-state index contributed by atoms with van der Waals surface area (Å²) in [5.41, 5.74) is 4.38. The van der Waals surface area contributed by atoms with E-state index in [1.165, 1.54) is 12.1 Å². The molecule has 0 fully saturated rings. The Hall–Kier alpha value is -4.04. The van der Waals surface area contributed by atoms with E-state index in [0.717, 1.165) is 28.0 Å². The number of hydrogen-bond acceptors (Lipinski definition) is 5. The van der Waals surface area contributed by atoms with Crippen molar-refractivity contribution >= 4 is 22.9 Å². The standard InChI is InChI=1S/C27H23FN4O2S/c1-17-23(26-30-25(31-34-26)20-9-6-10-22(15-20)33-2)24(19-11-13-21(28)14-12-19)29-27(35)32(17)16-18-7-4-3-5-8-18/h3-15,24H,16H2,1-2H3,(H,29,35). The third kappa shape index (κ3) is 4.65. The largest absolute Gasteiger partial charge is 0.497 e. The van der Waals surface area contributed by atoms with Crippen molar-refractivity contribution in [2.75, 3.05) is 7.11 Å². The lowest BCUT2D eigenvalue weighted by Crippen LogP contribution is -2.45. The second-order valence-corrected chi connectivity index (χ2v) is 8.55. The van der Waals surface area contributed by atoms with Gasteiger partial charge in [0.2, 0.25) is 5.82 Å². The van der Waals surface area contributed by atoms with Crippen LogP contribution in [0.5, 0.6) is 5.75 Å². The van der Waals surface area contributed by atoms with Crippen LogP contribution in [0.3, 0.4) is 0 Å². The van der Waals surface area contributed by atoms with Crippen molar-refractivity contribution in [1.82, 2.24) is 20.4 Å². The Balaban J connectivity index is 1.59. The normalized spacial score (nSPS) is 15.8. The fourth-order valence-electron chi connectivity index (χ4n) is 4.13. The van der Waals surface area contributed by atoms with Gasteiger partial charge < -0.3 is 19.5 Å². The number of halogens is 1. The number of allylic oxidation sites excluding steroid dienone is 1. The van der Waals surface area contributed by atoms with Gasteiger partial charge in [0, 0.05) is 17.8 Å². The topological polar surface area (TPSA) is 63.4 Å². The molecule has 0 amide bonds. The molecule has 5 rings (SSSR count). The van der Waals surface area contributed by atoms with Gasteiger partial charge >= 0.3 is 0 Å². The van der Waals surface area contributed by atoms with Gasteiger partial charge in [-0.1, -0.05) is 59.8 Å². The SMILES string of the molecule is COc1cccc(-c2noc(C3=C(C)N(Cc4ccccc4)C(=S)NC3c3ccc(F)cc3)n2)c1. The van der Waals surface area contributed by atoms with Gasteiger partial charge in [0.05, 0.1) is 18.7 Å². The Morgan fingerprint density at radius 3 is 2.57 bits per heavy atom. The van der Waals surface area contributed by atoms with E-state index >= 15 is 0 Å². The van der Waals surface area contributed by atoms with Gasteiger partial charge in [-0.15, -0.1) is 0 Å². The minimum Gasteiger partial charge on any atom is -0.497 e. The molecule has 0 saturated heterocycles. The third-order valence-electron chi connectivity index (χ3n) is 5.97. The first-order valence-electron chi connectivity index (χ1n) is 11.1. The van der Waals surface area contributed by atoms with E-state index in [4.69, 9.17) is 26.5 Å². The molecule has 1 aliphatic rings. The number of methoxy groups -OCH3 is 1. The monoisotopic (exact) mass is 486 g/mol. The van der Waals surface area contributed by atoms with E-state index in [0.29, 0.717) is 29.1 Å². The van der Waals surface area contributed by atoms with Crippen LogP contribution >= 0.6 is 12.2 Å². The summed E-state index contributed by atoms with van der Waals surface area (Å²) < 4.78 is 24.8. The van der Waals surface area contributed by atoms with Gasteiger partial charge in [-0.2, -0.15) is 4.98 Å². The van der Waals surface area contributed by atoms with Crippen LogP contribution in [0.1, 0.15) is 30.0 Å². The Bertz CT molecular complexity index is 1390. The van der Waals surface area contributed by atoms with Gasteiger partial charge in [0.25, 0.3) is 5.89 Å². The molecule has 1 aromatic heterocycles. The van der Waals surface area contributed by atoms with Gasteiger partial charge in [0.15, 0.2) is 5.11 Å². The van der Waals surface area contributed by atoms with Crippen LogP contribution in [0.4, 0.5) is 4.39 Å². The first-order chi connectivity index (χ1) is 17.0. The fourth-order valence-corrected chi connectivity index (χ4v) is 4.45. The highest BCUT2D eigenvalue weighted by Crippen LogP contribution is 2.38. The lowest BCUT2D eigenvalue weighted by Gasteiger charge is -2.37. The van der Waals surface area contributed by atoms with Crippen molar-refractivity contribution in [2.45, 2.75) is 19.5 Å². The molecule has 8 heteroatoms. The van der Waals surface area contributed by atoms with Crippen LogP contribution in [0.25, 0.3) is 17.0 Å². The first kappa shape index (κ1) is 22.7. The molecule has 35 heavy (non-hydrogen) atoms. The van der Waals surface area contributed by atoms with Gasteiger partial charge in [-0.05, 0) is 54.5 Å². The zero-order valence-electron chi connectivity index (χ0n) is 19.2. The van der Waals surface area contributed by atoms with Crippen molar-refractivity contribution in [3.8, 4) is 17.1 Å². The van der Waals surface area contributed by atoms with Gasteiger partial charge in [0.1, 0.15) is 11.6 Å². The molecule has 1 unspecified atom stereocenters. The second kappa shape index (κ2) is 9.68. The van der Waals surface area contributed by atoms with E-state index < -0.39 is 0 Å². The Kier molecular flexibility index (Phi) is 6.29. The van der Waals surface area contributed by atoms with Crippen LogP contribution < -0.4 is 10.1 Å². The summed E-state index contributed by atoms with van der Waals surface area (Å²) in [6.07, 6.45) is 0. The molecule has 6 nitrogen and oxygen atoms in total. The first-order valence-corrected chi connectivity index (χ1v) is 11.5. The van der Waals surface area contributed by atoms with Crippen molar-refractivity contribution in [2.24, 2.45) is 0 Å². The summed E-state index contributed by atoms with van der Waals surface area (Å²) in [5.74, 6) is 1.20. The van der Waals surface area contributed by atoms with E-state index in [-0.39, 0.29) is 11.9 Å². The smallest absolute Gasteiger partial charge is 0.258 e. The Morgan fingerprint density at radius 2 is 1.83 bits per heavy atom. The van der Waals surface area contributed by atoms with Gasteiger partial charge in [-0.25, -0.2) is 4.39 Å². The molecule has 3 aromatic carbocycles. The third-order valence-corrected chi connectivity index (χ3v) is 6.31. The van der Waals surface area contributed by atoms with Gasteiger partial charge in [-0.3, -0.25) is 0 Å². The van der Waals surface area contributed by atoms with E-state index in [9.17, 15) is 4.39 Å².